The number of nitrogens with one attached hydrogen (secondary N) is 1. The first-order valence-electron chi connectivity index (χ1n) is 8.83. The molecule has 138 valence electrons. The summed E-state index contributed by atoms with van der Waals surface area (Å²) in [5, 5.41) is 4.23. The number of rotatable bonds is 6. The van der Waals surface area contributed by atoms with E-state index in [0.29, 0.717) is 5.75 Å². The van der Waals surface area contributed by atoms with Crippen molar-refractivity contribution in [2.24, 2.45) is 5.10 Å². The zero-order chi connectivity index (χ0) is 19.2. The molecule has 0 aliphatic rings. The van der Waals surface area contributed by atoms with Crippen LogP contribution in [0.1, 0.15) is 49.9 Å². The number of hydrogen-bond acceptors (Lipinski definition) is 3. The molecule has 0 saturated heterocycles. The molecule has 0 aliphatic carbocycles. The third-order valence-corrected chi connectivity index (χ3v) is 5.14. The van der Waals surface area contributed by atoms with Crippen molar-refractivity contribution in [2.45, 2.75) is 45.8 Å². The van der Waals surface area contributed by atoms with Gasteiger partial charge >= 0.3 is 0 Å². The smallest absolute Gasteiger partial charge is 0.250 e. The molecule has 0 fully saturated rings. The molecule has 0 aromatic heterocycles. The summed E-state index contributed by atoms with van der Waals surface area (Å²) >= 11 is 1.59. The molecule has 0 unspecified atom stereocenters. The average molecular weight is 369 g/mol. The van der Waals surface area contributed by atoms with Crippen LogP contribution >= 0.6 is 11.8 Å². The summed E-state index contributed by atoms with van der Waals surface area (Å²) in [7, 11) is 0. The van der Waals surface area contributed by atoms with Gasteiger partial charge in [0.15, 0.2) is 0 Å². The molecule has 26 heavy (non-hydrogen) atoms. The van der Waals surface area contributed by atoms with E-state index in [9.17, 15) is 4.79 Å². The van der Waals surface area contributed by atoms with Gasteiger partial charge in [0, 0.05) is 5.75 Å². The lowest BCUT2D eigenvalue weighted by Gasteiger charge is -2.19. The van der Waals surface area contributed by atoms with Crippen molar-refractivity contribution in [3.05, 3.63) is 70.8 Å². The van der Waals surface area contributed by atoms with Crippen LogP contribution in [0.4, 0.5) is 0 Å². The molecular weight excluding hydrogens is 340 g/mol. The van der Waals surface area contributed by atoms with Crippen molar-refractivity contribution in [2.75, 3.05) is 5.75 Å². The van der Waals surface area contributed by atoms with Crippen molar-refractivity contribution in [1.82, 2.24) is 5.43 Å². The van der Waals surface area contributed by atoms with Crippen LogP contribution in [0.15, 0.2) is 53.6 Å². The lowest BCUT2D eigenvalue weighted by molar-refractivity contribution is -0.118. The highest BCUT2D eigenvalue weighted by Crippen LogP contribution is 2.22. The maximum atomic E-state index is 12.0. The number of aryl methyl sites for hydroxylation is 1. The lowest BCUT2D eigenvalue weighted by Crippen LogP contribution is -2.21. The highest BCUT2D eigenvalue weighted by Gasteiger charge is 2.13. The second-order valence-corrected chi connectivity index (χ2v) is 8.52. The Morgan fingerprint density at radius 1 is 1.04 bits per heavy atom. The molecule has 2 aromatic rings. The van der Waals surface area contributed by atoms with Crippen molar-refractivity contribution >= 4 is 23.4 Å². The molecule has 0 bridgehead atoms. The quantitative estimate of drug-likeness (QED) is 0.571. The fourth-order valence-electron chi connectivity index (χ4n) is 2.40. The molecule has 2 aromatic carbocycles. The summed E-state index contributed by atoms with van der Waals surface area (Å²) < 4.78 is 0. The molecule has 1 amide bonds. The van der Waals surface area contributed by atoms with Gasteiger partial charge in [-0.15, -0.1) is 11.8 Å². The monoisotopic (exact) mass is 368 g/mol. The van der Waals surface area contributed by atoms with E-state index < -0.39 is 0 Å². The molecule has 0 aliphatic heterocycles. The number of amides is 1. The first-order chi connectivity index (χ1) is 12.3. The van der Waals surface area contributed by atoms with Crippen LogP contribution in [-0.2, 0) is 16.0 Å². The van der Waals surface area contributed by atoms with Crippen LogP contribution in [0.3, 0.4) is 0 Å². The number of thioether (sulfide) groups is 1. The Kier molecular flexibility index (Phi) is 7.04. The van der Waals surface area contributed by atoms with Gasteiger partial charge in [-0.3, -0.25) is 4.79 Å². The van der Waals surface area contributed by atoms with E-state index in [1.54, 1.807) is 11.8 Å². The first-order valence-corrected chi connectivity index (χ1v) is 9.98. The SMILES string of the molecule is C/C(=N/NC(=O)CSCc1ccc(C)cc1)c1ccc(C(C)(C)C)cc1. The Morgan fingerprint density at radius 3 is 2.23 bits per heavy atom. The van der Waals surface area contributed by atoms with E-state index in [0.717, 1.165) is 17.0 Å². The van der Waals surface area contributed by atoms with Crippen LogP contribution in [0.2, 0.25) is 0 Å². The third-order valence-electron chi connectivity index (χ3n) is 4.14. The maximum Gasteiger partial charge on any atom is 0.250 e. The van der Waals surface area contributed by atoms with E-state index in [1.807, 2.05) is 6.92 Å². The van der Waals surface area contributed by atoms with Gasteiger partial charge in [-0.1, -0.05) is 74.9 Å². The third kappa shape index (κ3) is 6.34. The van der Waals surface area contributed by atoms with Gasteiger partial charge in [-0.25, -0.2) is 5.43 Å². The summed E-state index contributed by atoms with van der Waals surface area (Å²) in [5.41, 5.74) is 8.37. The Bertz CT molecular complexity index is 756. The topological polar surface area (TPSA) is 41.5 Å². The van der Waals surface area contributed by atoms with Crippen molar-refractivity contribution in [3.8, 4) is 0 Å². The summed E-state index contributed by atoms with van der Waals surface area (Å²) in [4.78, 5) is 12.0. The maximum absolute atomic E-state index is 12.0. The van der Waals surface area contributed by atoms with E-state index in [2.05, 4.69) is 86.8 Å². The molecule has 0 radical (unpaired) electrons. The molecule has 0 atom stereocenters. The number of nitrogens with zero attached hydrogens (tertiary/aromatic N) is 1. The standard InChI is InChI=1S/C22H28N2OS/c1-16-6-8-18(9-7-16)14-26-15-21(25)24-23-17(2)19-10-12-20(13-11-19)22(3,4)5/h6-13H,14-15H2,1-5H3,(H,24,25)/b23-17-. The van der Waals surface area contributed by atoms with Crippen molar-refractivity contribution in [3.63, 3.8) is 0 Å². The van der Waals surface area contributed by atoms with Crippen LogP contribution in [0, 0.1) is 6.92 Å². The van der Waals surface area contributed by atoms with Gasteiger partial charge in [0.25, 0.3) is 0 Å². The van der Waals surface area contributed by atoms with Crippen LogP contribution in [0.25, 0.3) is 0 Å². The normalized spacial score (nSPS) is 12.1. The molecule has 0 spiro atoms. The zero-order valence-corrected chi connectivity index (χ0v) is 17.1. The van der Waals surface area contributed by atoms with Gasteiger partial charge < -0.3 is 0 Å². The van der Waals surface area contributed by atoms with Gasteiger partial charge in [0.1, 0.15) is 0 Å². The van der Waals surface area contributed by atoms with Gasteiger partial charge in [0.2, 0.25) is 5.91 Å². The molecule has 4 heteroatoms. The zero-order valence-electron chi connectivity index (χ0n) is 16.3. The lowest BCUT2D eigenvalue weighted by atomic mass is 9.86. The van der Waals surface area contributed by atoms with Gasteiger partial charge in [-0.2, -0.15) is 5.10 Å². The second kappa shape index (κ2) is 9.04. The second-order valence-electron chi connectivity index (χ2n) is 7.54. The van der Waals surface area contributed by atoms with Crippen LogP contribution in [-0.4, -0.2) is 17.4 Å². The summed E-state index contributed by atoms with van der Waals surface area (Å²) in [6.07, 6.45) is 0. The summed E-state index contributed by atoms with van der Waals surface area (Å²) in [5.74, 6) is 1.14. The Balaban J connectivity index is 1.82. The molecule has 0 saturated carbocycles. The van der Waals surface area contributed by atoms with E-state index in [1.165, 1.54) is 16.7 Å². The largest absolute Gasteiger partial charge is 0.272 e. The average Bonchev–Trinajstić information content (AvgIpc) is 2.61. The van der Waals surface area contributed by atoms with Crippen LogP contribution in [0.5, 0.6) is 0 Å². The first kappa shape index (κ1) is 20.2. The highest BCUT2D eigenvalue weighted by atomic mass is 32.2. The molecule has 0 heterocycles. The van der Waals surface area contributed by atoms with Crippen LogP contribution < -0.4 is 5.43 Å². The predicted molar refractivity (Wildman–Crippen MR) is 113 cm³/mol. The fraction of sp³-hybridized carbons (Fsp3) is 0.364. The summed E-state index contributed by atoms with van der Waals surface area (Å²) in [6, 6.07) is 16.7. The van der Waals surface area contributed by atoms with E-state index in [-0.39, 0.29) is 11.3 Å². The fourth-order valence-corrected chi connectivity index (χ4v) is 3.18. The molecular formula is C22H28N2OS. The Morgan fingerprint density at radius 2 is 1.65 bits per heavy atom. The van der Waals surface area contributed by atoms with E-state index in [4.69, 9.17) is 0 Å². The number of carbonyl (C=O) groups excluding carboxylic acids is 1. The Hall–Kier alpha value is -2.07. The molecule has 3 nitrogen and oxygen atoms in total. The highest BCUT2D eigenvalue weighted by molar-refractivity contribution is 7.99. The minimum absolute atomic E-state index is 0.0761. The van der Waals surface area contributed by atoms with Crippen molar-refractivity contribution in [1.29, 1.82) is 0 Å². The minimum Gasteiger partial charge on any atom is -0.272 e. The number of hydrogen-bond donors (Lipinski definition) is 1. The van der Waals surface area contributed by atoms with E-state index >= 15 is 0 Å². The number of hydrazone groups is 1. The molecule has 2 rings (SSSR count). The molecule has 1 N–H and O–H groups in total. The minimum atomic E-state index is -0.0761. The van der Waals surface area contributed by atoms with Gasteiger partial charge in [0.05, 0.1) is 11.5 Å². The summed E-state index contributed by atoms with van der Waals surface area (Å²) in [6.45, 7) is 10.6. The van der Waals surface area contributed by atoms with Crippen molar-refractivity contribution < 1.29 is 4.79 Å². The Labute approximate surface area is 161 Å². The predicted octanol–water partition coefficient (Wildman–Crippen LogP) is 5.07. The van der Waals surface area contributed by atoms with Gasteiger partial charge in [-0.05, 0) is 36.0 Å². The number of benzene rings is 2. The number of carbonyl (C=O) groups is 1.